The van der Waals surface area contributed by atoms with Gasteiger partial charge in [-0.05, 0) is 45.5 Å². The van der Waals surface area contributed by atoms with Gasteiger partial charge in [0.05, 0.1) is 11.8 Å². The lowest BCUT2D eigenvalue weighted by Gasteiger charge is -2.12. The number of likely N-dealkylation sites (N-methyl/N-ethyl adjacent to an activating group) is 1. The van der Waals surface area contributed by atoms with E-state index in [1.165, 1.54) is 0 Å². The van der Waals surface area contributed by atoms with Crippen molar-refractivity contribution in [2.75, 3.05) is 32.5 Å². The Labute approximate surface area is 132 Å². The fourth-order valence-corrected chi connectivity index (χ4v) is 2.54. The van der Waals surface area contributed by atoms with Crippen LogP contribution >= 0.6 is 0 Å². The highest BCUT2D eigenvalue weighted by molar-refractivity contribution is 6.00. The van der Waals surface area contributed by atoms with E-state index in [2.05, 4.69) is 10.6 Å². The predicted octanol–water partition coefficient (Wildman–Crippen LogP) is 1.56. The summed E-state index contributed by atoms with van der Waals surface area (Å²) in [4.78, 5) is 26.3. The van der Waals surface area contributed by atoms with Crippen molar-refractivity contribution in [1.29, 1.82) is 0 Å². The Morgan fingerprint density at radius 1 is 1.14 bits per heavy atom. The summed E-state index contributed by atoms with van der Waals surface area (Å²) in [5.74, 6) is -0.432. The van der Waals surface area contributed by atoms with Crippen LogP contribution in [0.25, 0.3) is 0 Å². The molecule has 2 rings (SSSR count). The van der Waals surface area contributed by atoms with Crippen LogP contribution in [0.4, 0.5) is 5.69 Å². The van der Waals surface area contributed by atoms with E-state index in [1.807, 2.05) is 51.0 Å². The molecule has 0 saturated heterocycles. The number of para-hydroxylation sites is 1. The largest absolute Gasteiger partial charge is 0.355 e. The van der Waals surface area contributed by atoms with Gasteiger partial charge in [-0.1, -0.05) is 18.2 Å². The Kier molecular flexibility index (Phi) is 5.19. The molecule has 0 heterocycles. The van der Waals surface area contributed by atoms with Crippen molar-refractivity contribution in [2.24, 2.45) is 11.8 Å². The number of carbonyl (C=O) groups is 2. The van der Waals surface area contributed by atoms with Crippen LogP contribution in [0.2, 0.25) is 0 Å². The monoisotopic (exact) mass is 303 g/mol. The lowest BCUT2D eigenvalue weighted by Crippen LogP contribution is -2.33. The first-order valence-electron chi connectivity index (χ1n) is 7.69. The fourth-order valence-electron chi connectivity index (χ4n) is 2.54. The molecule has 2 unspecified atom stereocenters. The highest BCUT2D eigenvalue weighted by Crippen LogP contribution is 2.39. The Morgan fingerprint density at radius 2 is 1.73 bits per heavy atom. The normalized spacial score (nSPS) is 19.9. The van der Waals surface area contributed by atoms with Crippen LogP contribution in [0.1, 0.15) is 17.5 Å². The highest BCUT2D eigenvalue weighted by atomic mass is 16.2. The Hall–Kier alpha value is -1.88. The average Bonchev–Trinajstić information content (AvgIpc) is 3.23. The molecule has 5 heteroatoms. The van der Waals surface area contributed by atoms with Gasteiger partial charge in [-0.25, -0.2) is 0 Å². The van der Waals surface area contributed by atoms with E-state index in [0.29, 0.717) is 13.0 Å². The molecule has 1 saturated carbocycles. The number of amides is 2. The van der Waals surface area contributed by atoms with Crippen molar-refractivity contribution in [3.8, 4) is 0 Å². The Bertz CT molecular complexity index is 549. The second-order valence-corrected chi connectivity index (χ2v) is 6.30. The van der Waals surface area contributed by atoms with Gasteiger partial charge in [0, 0.05) is 18.8 Å². The van der Waals surface area contributed by atoms with Crippen LogP contribution < -0.4 is 10.6 Å². The molecule has 1 fully saturated rings. The number of carbonyl (C=O) groups excluding carboxylic acids is 2. The molecule has 2 N–H and O–H groups in total. The predicted molar refractivity (Wildman–Crippen MR) is 87.7 cm³/mol. The van der Waals surface area contributed by atoms with Gasteiger partial charge in [0.2, 0.25) is 11.8 Å². The molecule has 120 valence electrons. The fraction of sp³-hybridized carbons (Fsp3) is 0.529. The Balaban J connectivity index is 1.84. The van der Waals surface area contributed by atoms with Crippen LogP contribution in [-0.4, -0.2) is 43.9 Å². The molecule has 2 amide bonds. The van der Waals surface area contributed by atoms with Gasteiger partial charge in [-0.3, -0.25) is 9.59 Å². The van der Waals surface area contributed by atoms with E-state index in [1.54, 1.807) is 0 Å². The SMILES string of the molecule is Cc1cccc(C)c1NC(=O)C1CC1C(=O)NCCN(C)C. The molecule has 1 aliphatic rings. The second kappa shape index (κ2) is 6.92. The number of hydrogen-bond donors (Lipinski definition) is 2. The summed E-state index contributed by atoms with van der Waals surface area (Å²) in [5.41, 5.74) is 2.95. The van der Waals surface area contributed by atoms with Crippen molar-refractivity contribution in [3.05, 3.63) is 29.3 Å². The van der Waals surface area contributed by atoms with E-state index in [4.69, 9.17) is 0 Å². The van der Waals surface area contributed by atoms with Crippen LogP contribution in [0, 0.1) is 25.7 Å². The maximum absolute atomic E-state index is 12.3. The molecule has 5 nitrogen and oxygen atoms in total. The summed E-state index contributed by atoms with van der Waals surface area (Å²) in [6.45, 7) is 5.37. The molecule has 1 aromatic rings. The van der Waals surface area contributed by atoms with E-state index in [9.17, 15) is 9.59 Å². The number of hydrogen-bond acceptors (Lipinski definition) is 3. The van der Waals surface area contributed by atoms with Gasteiger partial charge in [-0.2, -0.15) is 0 Å². The topological polar surface area (TPSA) is 61.4 Å². The lowest BCUT2D eigenvalue weighted by molar-refractivity contribution is -0.125. The van der Waals surface area contributed by atoms with Crippen LogP contribution in [-0.2, 0) is 9.59 Å². The number of benzene rings is 1. The number of anilines is 1. The standard InChI is InChI=1S/C17H25N3O2/c1-11-6-5-7-12(2)15(11)19-17(22)14-10-13(14)16(21)18-8-9-20(3)4/h5-7,13-14H,8-10H2,1-4H3,(H,18,21)(H,19,22). The lowest BCUT2D eigenvalue weighted by atomic mass is 10.1. The maximum Gasteiger partial charge on any atom is 0.228 e. The molecule has 2 atom stereocenters. The van der Waals surface area contributed by atoms with Gasteiger partial charge in [0.1, 0.15) is 0 Å². The number of rotatable bonds is 6. The minimum atomic E-state index is -0.196. The third kappa shape index (κ3) is 4.07. The molecule has 0 bridgehead atoms. The number of aryl methyl sites for hydroxylation is 2. The van der Waals surface area contributed by atoms with Gasteiger partial charge < -0.3 is 15.5 Å². The summed E-state index contributed by atoms with van der Waals surface area (Å²) >= 11 is 0. The summed E-state index contributed by atoms with van der Waals surface area (Å²) in [5, 5.41) is 5.86. The van der Waals surface area contributed by atoms with Crippen LogP contribution in [0.15, 0.2) is 18.2 Å². The third-order valence-electron chi connectivity index (χ3n) is 4.05. The zero-order valence-electron chi connectivity index (χ0n) is 13.8. The zero-order chi connectivity index (χ0) is 16.3. The third-order valence-corrected chi connectivity index (χ3v) is 4.05. The van der Waals surface area contributed by atoms with Crippen molar-refractivity contribution in [2.45, 2.75) is 20.3 Å². The first-order chi connectivity index (χ1) is 10.4. The first-order valence-corrected chi connectivity index (χ1v) is 7.69. The second-order valence-electron chi connectivity index (χ2n) is 6.30. The summed E-state index contributed by atoms with van der Waals surface area (Å²) in [6, 6.07) is 5.92. The van der Waals surface area contributed by atoms with Crippen molar-refractivity contribution < 1.29 is 9.59 Å². The van der Waals surface area contributed by atoms with Gasteiger partial charge in [0.25, 0.3) is 0 Å². The molecule has 0 aliphatic heterocycles. The Morgan fingerprint density at radius 3 is 2.32 bits per heavy atom. The zero-order valence-corrected chi connectivity index (χ0v) is 13.8. The van der Waals surface area contributed by atoms with E-state index >= 15 is 0 Å². The quantitative estimate of drug-likeness (QED) is 0.838. The minimum Gasteiger partial charge on any atom is -0.355 e. The minimum absolute atomic E-state index is 0.0106. The molecule has 0 spiro atoms. The molecule has 22 heavy (non-hydrogen) atoms. The molecule has 1 aliphatic carbocycles. The van der Waals surface area contributed by atoms with Crippen LogP contribution in [0.5, 0.6) is 0 Å². The van der Waals surface area contributed by atoms with E-state index < -0.39 is 0 Å². The summed E-state index contributed by atoms with van der Waals surface area (Å²) in [6.07, 6.45) is 0.643. The molecule has 1 aromatic carbocycles. The first kappa shape index (κ1) is 16.5. The van der Waals surface area contributed by atoms with E-state index in [0.717, 1.165) is 23.4 Å². The van der Waals surface area contributed by atoms with Crippen LogP contribution in [0.3, 0.4) is 0 Å². The summed E-state index contributed by atoms with van der Waals surface area (Å²) < 4.78 is 0. The van der Waals surface area contributed by atoms with Gasteiger partial charge >= 0.3 is 0 Å². The molecular weight excluding hydrogens is 278 g/mol. The molecular formula is C17H25N3O2. The number of nitrogens with one attached hydrogen (secondary N) is 2. The van der Waals surface area contributed by atoms with Gasteiger partial charge in [-0.15, -0.1) is 0 Å². The molecule has 0 aromatic heterocycles. The maximum atomic E-state index is 12.3. The average molecular weight is 303 g/mol. The highest BCUT2D eigenvalue weighted by Gasteiger charge is 2.48. The van der Waals surface area contributed by atoms with Crippen molar-refractivity contribution in [1.82, 2.24) is 10.2 Å². The smallest absolute Gasteiger partial charge is 0.228 e. The molecule has 0 radical (unpaired) electrons. The summed E-state index contributed by atoms with van der Waals surface area (Å²) in [7, 11) is 3.92. The van der Waals surface area contributed by atoms with Gasteiger partial charge in [0.15, 0.2) is 0 Å². The van der Waals surface area contributed by atoms with E-state index in [-0.39, 0.29) is 23.7 Å². The van der Waals surface area contributed by atoms with Crippen molar-refractivity contribution >= 4 is 17.5 Å². The number of nitrogens with zero attached hydrogens (tertiary/aromatic N) is 1. The van der Waals surface area contributed by atoms with Crippen molar-refractivity contribution in [3.63, 3.8) is 0 Å².